The van der Waals surface area contributed by atoms with E-state index in [1.807, 2.05) is 20.8 Å². The topological polar surface area (TPSA) is 55.2 Å². The Morgan fingerprint density at radius 3 is 2.73 bits per heavy atom. The lowest BCUT2D eigenvalue weighted by atomic mass is 10.1. The molecule has 0 aromatic carbocycles. The van der Waals surface area contributed by atoms with Gasteiger partial charge >= 0.3 is 0 Å². The summed E-state index contributed by atoms with van der Waals surface area (Å²) < 4.78 is 5.41. The van der Waals surface area contributed by atoms with Crippen LogP contribution in [0.4, 0.5) is 0 Å². The summed E-state index contributed by atoms with van der Waals surface area (Å²) in [6, 6.07) is 0. The third-order valence-electron chi connectivity index (χ3n) is 1.93. The second-order valence-corrected chi connectivity index (χ2v) is 3.78. The minimum atomic E-state index is -0.353. The summed E-state index contributed by atoms with van der Waals surface area (Å²) in [5.41, 5.74) is 0.766. The largest absolute Gasteiger partial charge is 0.474 e. The molecule has 0 spiro atoms. The molecule has 1 aromatic rings. The van der Waals surface area contributed by atoms with E-state index in [2.05, 4.69) is 9.97 Å². The van der Waals surface area contributed by atoms with Crippen molar-refractivity contribution in [1.29, 1.82) is 0 Å². The first-order chi connectivity index (χ1) is 7.11. The molecule has 1 aromatic heterocycles. The third-order valence-corrected chi connectivity index (χ3v) is 1.93. The molecule has 1 atom stereocenters. The SMILES string of the molecule is CCC(O)Cc1cncc(OC(C)C)n1. The molecule has 0 saturated heterocycles. The van der Waals surface area contributed by atoms with Crippen LogP contribution in [0.15, 0.2) is 12.4 Å². The zero-order valence-corrected chi connectivity index (χ0v) is 9.47. The minimum Gasteiger partial charge on any atom is -0.474 e. The Balaban J connectivity index is 2.65. The average Bonchev–Trinajstić information content (AvgIpc) is 2.17. The highest BCUT2D eigenvalue weighted by Gasteiger charge is 2.06. The first-order valence-corrected chi connectivity index (χ1v) is 5.27. The number of hydrogen-bond acceptors (Lipinski definition) is 4. The van der Waals surface area contributed by atoms with E-state index < -0.39 is 0 Å². The standard InChI is InChI=1S/C11H18N2O2/c1-4-10(14)5-9-6-12-7-11(13-9)15-8(2)3/h6-8,10,14H,4-5H2,1-3H3. The van der Waals surface area contributed by atoms with Gasteiger partial charge in [0.15, 0.2) is 0 Å². The van der Waals surface area contributed by atoms with Gasteiger partial charge in [0.05, 0.1) is 24.1 Å². The summed E-state index contributed by atoms with van der Waals surface area (Å²) in [5.74, 6) is 0.519. The summed E-state index contributed by atoms with van der Waals surface area (Å²) in [6.45, 7) is 5.82. The van der Waals surface area contributed by atoms with E-state index in [4.69, 9.17) is 4.74 Å². The van der Waals surface area contributed by atoms with Crippen LogP contribution in [0.25, 0.3) is 0 Å². The monoisotopic (exact) mass is 210 g/mol. The highest BCUT2D eigenvalue weighted by atomic mass is 16.5. The van der Waals surface area contributed by atoms with Gasteiger partial charge in [-0.2, -0.15) is 0 Å². The number of nitrogens with zero attached hydrogens (tertiary/aromatic N) is 2. The molecule has 4 heteroatoms. The first kappa shape index (κ1) is 11.9. The van der Waals surface area contributed by atoms with Crippen LogP contribution in [0, 0.1) is 0 Å². The fourth-order valence-electron chi connectivity index (χ4n) is 1.17. The molecular formula is C11H18N2O2. The van der Waals surface area contributed by atoms with Crippen molar-refractivity contribution in [2.24, 2.45) is 0 Å². The van der Waals surface area contributed by atoms with E-state index in [1.54, 1.807) is 12.4 Å². The summed E-state index contributed by atoms with van der Waals surface area (Å²) in [4.78, 5) is 8.28. The number of aromatic nitrogens is 2. The Morgan fingerprint density at radius 1 is 1.40 bits per heavy atom. The van der Waals surface area contributed by atoms with Crippen LogP contribution in [0.1, 0.15) is 32.9 Å². The Hall–Kier alpha value is -1.16. The fraction of sp³-hybridized carbons (Fsp3) is 0.636. The highest BCUT2D eigenvalue weighted by molar-refractivity contribution is 5.09. The molecule has 0 bridgehead atoms. The lowest BCUT2D eigenvalue weighted by Gasteiger charge is -2.10. The number of ether oxygens (including phenoxy) is 1. The van der Waals surface area contributed by atoms with E-state index in [0.717, 1.165) is 12.1 Å². The molecule has 0 fully saturated rings. The maximum absolute atomic E-state index is 9.48. The third kappa shape index (κ3) is 4.25. The molecule has 1 N–H and O–H groups in total. The molecule has 0 saturated carbocycles. The van der Waals surface area contributed by atoms with Crippen LogP contribution in [0.3, 0.4) is 0 Å². The number of hydrogen-bond donors (Lipinski definition) is 1. The van der Waals surface area contributed by atoms with Crippen LogP contribution in [0.5, 0.6) is 5.88 Å². The molecule has 84 valence electrons. The Kier molecular flexibility index (Phi) is 4.49. The van der Waals surface area contributed by atoms with Crippen molar-refractivity contribution in [2.75, 3.05) is 0 Å². The van der Waals surface area contributed by atoms with Gasteiger partial charge in [0, 0.05) is 12.6 Å². The minimum absolute atomic E-state index is 0.0886. The highest BCUT2D eigenvalue weighted by Crippen LogP contribution is 2.09. The Labute approximate surface area is 90.3 Å². The second kappa shape index (κ2) is 5.66. The Bertz CT molecular complexity index is 302. The van der Waals surface area contributed by atoms with Crippen LogP contribution >= 0.6 is 0 Å². The number of rotatable bonds is 5. The molecule has 0 amide bonds. The second-order valence-electron chi connectivity index (χ2n) is 3.78. The van der Waals surface area contributed by atoms with Gasteiger partial charge in [0.1, 0.15) is 0 Å². The smallest absolute Gasteiger partial charge is 0.232 e. The summed E-state index contributed by atoms with van der Waals surface area (Å²) in [6.07, 6.45) is 4.23. The molecule has 15 heavy (non-hydrogen) atoms. The zero-order chi connectivity index (χ0) is 11.3. The normalized spacial score (nSPS) is 12.9. The molecule has 0 aliphatic rings. The van der Waals surface area contributed by atoms with Gasteiger partial charge in [-0.1, -0.05) is 6.92 Å². The van der Waals surface area contributed by atoms with Crippen LogP contribution < -0.4 is 4.74 Å². The lowest BCUT2D eigenvalue weighted by molar-refractivity contribution is 0.168. The maximum atomic E-state index is 9.48. The quantitative estimate of drug-likeness (QED) is 0.801. The van der Waals surface area contributed by atoms with Gasteiger partial charge in [-0.25, -0.2) is 4.98 Å². The van der Waals surface area contributed by atoms with Crippen molar-refractivity contribution >= 4 is 0 Å². The van der Waals surface area contributed by atoms with E-state index >= 15 is 0 Å². The van der Waals surface area contributed by atoms with Crippen molar-refractivity contribution in [3.05, 3.63) is 18.1 Å². The predicted octanol–water partition coefficient (Wildman–Crippen LogP) is 1.58. The molecular weight excluding hydrogens is 192 g/mol. The van der Waals surface area contributed by atoms with Gasteiger partial charge < -0.3 is 9.84 Å². The van der Waals surface area contributed by atoms with Crippen molar-refractivity contribution in [1.82, 2.24) is 9.97 Å². The molecule has 0 radical (unpaired) electrons. The molecule has 1 rings (SSSR count). The number of aliphatic hydroxyl groups is 1. The van der Waals surface area contributed by atoms with Gasteiger partial charge in [-0.3, -0.25) is 4.98 Å². The Morgan fingerprint density at radius 2 is 2.13 bits per heavy atom. The molecule has 4 nitrogen and oxygen atoms in total. The van der Waals surface area contributed by atoms with Crippen LogP contribution in [-0.2, 0) is 6.42 Å². The van der Waals surface area contributed by atoms with Gasteiger partial charge in [-0.05, 0) is 20.3 Å². The predicted molar refractivity (Wildman–Crippen MR) is 57.8 cm³/mol. The average molecular weight is 210 g/mol. The number of aliphatic hydroxyl groups excluding tert-OH is 1. The van der Waals surface area contributed by atoms with E-state index in [0.29, 0.717) is 12.3 Å². The van der Waals surface area contributed by atoms with E-state index in [9.17, 15) is 5.11 Å². The maximum Gasteiger partial charge on any atom is 0.232 e. The lowest BCUT2D eigenvalue weighted by Crippen LogP contribution is -2.12. The van der Waals surface area contributed by atoms with Crippen LogP contribution in [0.2, 0.25) is 0 Å². The van der Waals surface area contributed by atoms with Crippen molar-refractivity contribution in [2.45, 2.75) is 45.8 Å². The summed E-state index contributed by atoms with van der Waals surface area (Å²) in [5, 5.41) is 9.48. The van der Waals surface area contributed by atoms with Gasteiger partial charge in [0.2, 0.25) is 5.88 Å². The first-order valence-electron chi connectivity index (χ1n) is 5.27. The summed E-state index contributed by atoms with van der Waals surface area (Å²) >= 11 is 0. The van der Waals surface area contributed by atoms with Gasteiger partial charge in [0.25, 0.3) is 0 Å². The fourth-order valence-corrected chi connectivity index (χ4v) is 1.17. The molecule has 1 unspecified atom stereocenters. The molecule has 1 heterocycles. The van der Waals surface area contributed by atoms with Gasteiger partial charge in [-0.15, -0.1) is 0 Å². The molecule has 0 aliphatic heterocycles. The zero-order valence-electron chi connectivity index (χ0n) is 9.47. The van der Waals surface area contributed by atoms with E-state index in [1.165, 1.54) is 0 Å². The molecule has 0 aliphatic carbocycles. The van der Waals surface area contributed by atoms with Crippen LogP contribution in [-0.4, -0.2) is 27.3 Å². The van der Waals surface area contributed by atoms with Crippen molar-refractivity contribution in [3.8, 4) is 5.88 Å². The van der Waals surface area contributed by atoms with Crippen molar-refractivity contribution < 1.29 is 9.84 Å². The van der Waals surface area contributed by atoms with Crippen molar-refractivity contribution in [3.63, 3.8) is 0 Å². The van der Waals surface area contributed by atoms with E-state index in [-0.39, 0.29) is 12.2 Å². The summed E-state index contributed by atoms with van der Waals surface area (Å²) in [7, 11) is 0.